The van der Waals surface area contributed by atoms with Gasteiger partial charge in [-0.2, -0.15) is 0 Å². The zero-order valence-corrected chi connectivity index (χ0v) is 9.51. The van der Waals surface area contributed by atoms with Gasteiger partial charge >= 0.3 is 5.97 Å². The van der Waals surface area contributed by atoms with Gasteiger partial charge in [0.1, 0.15) is 12.4 Å². The lowest BCUT2D eigenvalue weighted by Gasteiger charge is -2.06. The number of carbonyl (C=O) groups excluding carboxylic acids is 1. The largest absolute Gasteiger partial charge is 0.465 e. The summed E-state index contributed by atoms with van der Waals surface area (Å²) in [6.07, 6.45) is 4.58. The van der Waals surface area contributed by atoms with Gasteiger partial charge in [-0.05, 0) is 32.1 Å². The molecule has 0 fully saturated rings. The van der Waals surface area contributed by atoms with E-state index in [2.05, 4.69) is 0 Å². The number of esters is 1. The van der Waals surface area contributed by atoms with Gasteiger partial charge in [0.2, 0.25) is 0 Å². The summed E-state index contributed by atoms with van der Waals surface area (Å²) >= 11 is 0. The molecule has 4 nitrogen and oxygen atoms in total. The molecule has 0 spiro atoms. The molecule has 0 saturated carbocycles. The SMILES string of the molecule is CC(C)OCCOC(=O)/C=C/c1ccco1. The van der Waals surface area contributed by atoms with Crippen molar-refractivity contribution in [2.24, 2.45) is 0 Å². The van der Waals surface area contributed by atoms with Gasteiger partial charge in [0.25, 0.3) is 0 Å². The van der Waals surface area contributed by atoms with Crippen LogP contribution in [0.15, 0.2) is 28.9 Å². The molecule has 0 amide bonds. The number of rotatable bonds is 6. The lowest BCUT2D eigenvalue weighted by molar-refractivity contribution is -0.139. The van der Waals surface area contributed by atoms with Crippen molar-refractivity contribution < 1.29 is 18.7 Å². The lowest BCUT2D eigenvalue weighted by atomic mass is 10.4. The van der Waals surface area contributed by atoms with Crippen molar-refractivity contribution in [3.05, 3.63) is 30.2 Å². The molecule has 0 aliphatic rings. The lowest BCUT2D eigenvalue weighted by Crippen LogP contribution is -2.11. The molecule has 0 radical (unpaired) electrons. The maximum absolute atomic E-state index is 11.2. The predicted molar refractivity (Wildman–Crippen MR) is 59.8 cm³/mol. The van der Waals surface area contributed by atoms with Crippen molar-refractivity contribution >= 4 is 12.0 Å². The Morgan fingerprint density at radius 2 is 2.31 bits per heavy atom. The maximum Gasteiger partial charge on any atom is 0.330 e. The van der Waals surface area contributed by atoms with E-state index in [1.54, 1.807) is 24.5 Å². The third-order valence-electron chi connectivity index (χ3n) is 1.71. The number of furan rings is 1. The molecule has 0 aliphatic heterocycles. The molecule has 0 aromatic carbocycles. The summed E-state index contributed by atoms with van der Waals surface area (Å²) in [6, 6.07) is 3.51. The predicted octanol–water partition coefficient (Wildman–Crippen LogP) is 2.26. The van der Waals surface area contributed by atoms with Crippen LogP contribution in [0, 0.1) is 0 Å². The first-order valence-corrected chi connectivity index (χ1v) is 5.18. The number of hydrogen-bond acceptors (Lipinski definition) is 4. The van der Waals surface area contributed by atoms with Gasteiger partial charge < -0.3 is 13.9 Å². The molecular formula is C12H16O4. The van der Waals surface area contributed by atoms with Crippen LogP contribution in [-0.2, 0) is 14.3 Å². The summed E-state index contributed by atoms with van der Waals surface area (Å²) in [4.78, 5) is 11.2. The van der Waals surface area contributed by atoms with Gasteiger partial charge in [0.15, 0.2) is 0 Å². The van der Waals surface area contributed by atoms with Crippen LogP contribution in [0.3, 0.4) is 0 Å². The number of hydrogen-bond donors (Lipinski definition) is 0. The van der Waals surface area contributed by atoms with Crippen LogP contribution in [0.5, 0.6) is 0 Å². The zero-order chi connectivity index (χ0) is 11.8. The van der Waals surface area contributed by atoms with Crippen molar-refractivity contribution in [2.45, 2.75) is 20.0 Å². The van der Waals surface area contributed by atoms with Gasteiger partial charge in [-0.15, -0.1) is 0 Å². The van der Waals surface area contributed by atoms with E-state index in [0.29, 0.717) is 12.4 Å². The van der Waals surface area contributed by atoms with E-state index in [1.165, 1.54) is 6.08 Å². The summed E-state index contributed by atoms with van der Waals surface area (Å²) < 4.78 is 15.1. The third kappa shape index (κ3) is 5.36. The van der Waals surface area contributed by atoms with E-state index in [1.807, 2.05) is 13.8 Å². The van der Waals surface area contributed by atoms with Gasteiger partial charge in [0.05, 0.1) is 19.0 Å². The van der Waals surface area contributed by atoms with Crippen LogP contribution >= 0.6 is 0 Å². The van der Waals surface area contributed by atoms with E-state index in [0.717, 1.165) is 0 Å². The second-order valence-electron chi connectivity index (χ2n) is 3.44. The Morgan fingerprint density at radius 3 is 2.94 bits per heavy atom. The topological polar surface area (TPSA) is 48.7 Å². The van der Waals surface area contributed by atoms with Crippen LogP contribution in [0.4, 0.5) is 0 Å². The summed E-state index contributed by atoms with van der Waals surface area (Å²) in [5.41, 5.74) is 0. The maximum atomic E-state index is 11.2. The van der Waals surface area contributed by atoms with Crippen molar-refractivity contribution in [2.75, 3.05) is 13.2 Å². The highest BCUT2D eigenvalue weighted by Gasteiger charge is 1.98. The van der Waals surface area contributed by atoms with Gasteiger partial charge in [-0.1, -0.05) is 0 Å². The Kier molecular flexibility index (Phi) is 5.36. The summed E-state index contributed by atoms with van der Waals surface area (Å²) in [5.74, 6) is 0.221. The Morgan fingerprint density at radius 1 is 1.50 bits per heavy atom. The molecule has 0 aliphatic carbocycles. The Hall–Kier alpha value is -1.55. The van der Waals surface area contributed by atoms with Crippen molar-refractivity contribution in [1.82, 2.24) is 0 Å². The second kappa shape index (κ2) is 6.85. The van der Waals surface area contributed by atoms with Crippen LogP contribution in [-0.4, -0.2) is 25.3 Å². The minimum absolute atomic E-state index is 0.150. The van der Waals surface area contributed by atoms with E-state index < -0.39 is 5.97 Å². The van der Waals surface area contributed by atoms with Crippen molar-refractivity contribution in [1.29, 1.82) is 0 Å². The first-order valence-electron chi connectivity index (χ1n) is 5.18. The smallest absolute Gasteiger partial charge is 0.330 e. The van der Waals surface area contributed by atoms with Gasteiger partial charge in [0, 0.05) is 6.08 Å². The molecule has 0 bridgehead atoms. The molecule has 0 atom stereocenters. The fraction of sp³-hybridized carbons (Fsp3) is 0.417. The molecule has 88 valence electrons. The molecule has 1 aromatic rings. The summed E-state index contributed by atoms with van der Waals surface area (Å²) in [5, 5.41) is 0. The minimum atomic E-state index is -0.399. The summed E-state index contributed by atoms with van der Waals surface area (Å²) in [6.45, 7) is 4.54. The molecule has 4 heteroatoms. The molecule has 0 N–H and O–H groups in total. The fourth-order valence-corrected chi connectivity index (χ4v) is 1.01. The first kappa shape index (κ1) is 12.5. The molecule has 0 unspecified atom stereocenters. The number of ether oxygens (including phenoxy) is 2. The third-order valence-corrected chi connectivity index (χ3v) is 1.71. The molecule has 1 rings (SSSR count). The van der Waals surface area contributed by atoms with E-state index in [9.17, 15) is 4.79 Å². The average molecular weight is 224 g/mol. The second-order valence-corrected chi connectivity index (χ2v) is 3.44. The minimum Gasteiger partial charge on any atom is -0.465 e. The Bertz CT molecular complexity index is 325. The Balaban J connectivity index is 2.16. The summed E-state index contributed by atoms with van der Waals surface area (Å²) in [7, 11) is 0. The zero-order valence-electron chi connectivity index (χ0n) is 9.51. The molecule has 1 heterocycles. The van der Waals surface area contributed by atoms with E-state index in [4.69, 9.17) is 13.9 Å². The Labute approximate surface area is 94.8 Å². The molecule has 0 saturated heterocycles. The molecular weight excluding hydrogens is 208 g/mol. The highest BCUT2D eigenvalue weighted by molar-refractivity contribution is 5.86. The average Bonchev–Trinajstić information content (AvgIpc) is 2.74. The van der Waals surface area contributed by atoms with Crippen molar-refractivity contribution in [3.8, 4) is 0 Å². The van der Waals surface area contributed by atoms with Gasteiger partial charge in [-0.3, -0.25) is 0 Å². The number of carbonyl (C=O) groups is 1. The first-order chi connectivity index (χ1) is 7.68. The highest BCUT2D eigenvalue weighted by atomic mass is 16.6. The monoisotopic (exact) mass is 224 g/mol. The highest BCUT2D eigenvalue weighted by Crippen LogP contribution is 2.02. The van der Waals surface area contributed by atoms with Crippen LogP contribution in [0.1, 0.15) is 19.6 Å². The normalized spacial score (nSPS) is 11.2. The van der Waals surface area contributed by atoms with Crippen LogP contribution in [0.2, 0.25) is 0 Å². The van der Waals surface area contributed by atoms with Gasteiger partial charge in [-0.25, -0.2) is 4.79 Å². The van der Waals surface area contributed by atoms with E-state index in [-0.39, 0.29) is 12.7 Å². The molecule has 16 heavy (non-hydrogen) atoms. The van der Waals surface area contributed by atoms with Crippen LogP contribution < -0.4 is 0 Å². The van der Waals surface area contributed by atoms with Crippen molar-refractivity contribution in [3.63, 3.8) is 0 Å². The molecule has 1 aromatic heterocycles. The van der Waals surface area contributed by atoms with Crippen LogP contribution in [0.25, 0.3) is 6.08 Å². The quantitative estimate of drug-likeness (QED) is 0.422. The fourth-order valence-electron chi connectivity index (χ4n) is 1.01. The van der Waals surface area contributed by atoms with E-state index >= 15 is 0 Å². The standard InChI is InChI=1S/C12H16O4/c1-10(2)14-8-9-16-12(13)6-5-11-4-3-7-15-11/h3-7,10H,8-9H2,1-2H3/b6-5+.